The topological polar surface area (TPSA) is 75.7 Å². The van der Waals surface area contributed by atoms with Gasteiger partial charge in [-0.2, -0.15) is 0 Å². The maximum absolute atomic E-state index is 12.4. The van der Waals surface area contributed by atoms with Gasteiger partial charge in [-0.1, -0.05) is 36.2 Å². The van der Waals surface area contributed by atoms with Crippen molar-refractivity contribution in [1.82, 2.24) is 10.2 Å². The van der Waals surface area contributed by atoms with Gasteiger partial charge in [0.15, 0.2) is 0 Å². The number of carbonyl (C=O) groups excluding carboxylic acids is 3. The summed E-state index contributed by atoms with van der Waals surface area (Å²) in [6.07, 6.45) is 2.38. The fourth-order valence-corrected chi connectivity index (χ4v) is 3.44. The van der Waals surface area contributed by atoms with Gasteiger partial charge in [0.2, 0.25) is 5.91 Å². The van der Waals surface area contributed by atoms with Gasteiger partial charge in [-0.15, -0.1) is 0 Å². The van der Waals surface area contributed by atoms with Gasteiger partial charge in [0.25, 0.3) is 11.1 Å². The molecule has 1 fully saturated rings. The van der Waals surface area contributed by atoms with Crippen molar-refractivity contribution in [2.75, 3.05) is 26.3 Å². The van der Waals surface area contributed by atoms with E-state index in [1.165, 1.54) is 0 Å². The molecular weight excluding hydrogens is 399 g/mol. The van der Waals surface area contributed by atoms with E-state index < -0.39 is 5.91 Å². The third-order valence-corrected chi connectivity index (χ3v) is 4.83. The standard InChI is InChI=1S/C17H18Cl2N2O4S/c1-2-7-25-10-15(22)20-5-6-21-16(23)14(26-17(21)24)8-11-3-4-12(18)9-13(11)19/h3-4,8-9H,2,5-7,10H2,1H3,(H,20,22)/b14-8-. The summed E-state index contributed by atoms with van der Waals surface area (Å²) in [6, 6.07) is 4.89. The zero-order chi connectivity index (χ0) is 19.1. The Morgan fingerprint density at radius 3 is 2.81 bits per heavy atom. The van der Waals surface area contributed by atoms with Gasteiger partial charge in [-0.05, 0) is 42.0 Å². The lowest BCUT2D eigenvalue weighted by Gasteiger charge is -2.13. The summed E-state index contributed by atoms with van der Waals surface area (Å²) in [6.45, 7) is 2.68. The summed E-state index contributed by atoms with van der Waals surface area (Å²) in [5.41, 5.74) is 0.600. The highest BCUT2D eigenvalue weighted by atomic mass is 35.5. The van der Waals surface area contributed by atoms with Crippen LogP contribution in [0.1, 0.15) is 18.9 Å². The summed E-state index contributed by atoms with van der Waals surface area (Å²) in [4.78, 5) is 37.4. The minimum atomic E-state index is -0.414. The van der Waals surface area contributed by atoms with Crippen LogP contribution in [0.3, 0.4) is 0 Å². The van der Waals surface area contributed by atoms with E-state index in [2.05, 4.69) is 5.32 Å². The minimum absolute atomic E-state index is 0.0370. The average molecular weight is 417 g/mol. The van der Waals surface area contributed by atoms with Gasteiger partial charge >= 0.3 is 0 Å². The maximum Gasteiger partial charge on any atom is 0.293 e. The van der Waals surface area contributed by atoms with Crippen molar-refractivity contribution in [1.29, 1.82) is 0 Å². The number of halogens is 2. The summed E-state index contributed by atoms with van der Waals surface area (Å²) >= 11 is 12.8. The molecule has 0 unspecified atom stereocenters. The van der Waals surface area contributed by atoms with Crippen molar-refractivity contribution in [3.05, 3.63) is 38.7 Å². The molecule has 3 amide bonds. The fourth-order valence-electron chi connectivity index (χ4n) is 2.12. The second-order valence-corrected chi connectivity index (χ2v) is 7.24. The van der Waals surface area contributed by atoms with Gasteiger partial charge in [0.1, 0.15) is 6.61 Å². The Morgan fingerprint density at radius 1 is 1.35 bits per heavy atom. The largest absolute Gasteiger partial charge is 0.372 e. The van der Waals surface area contributed by atoms with Crippen LogP contribution in [0.5, 0.6) is 0 Å². The van der Waals surface area contributed by atoms with Crippen LogP contribution in [0.25, 0.3) is 6.08 Å². The molecule has 0 atom stereocenters. The predicted octanol–water partition coefficient (Wildman–Crippen LogP) is 3.57. The normalized spacial score (nSPS) is 15.8. The molecule has 0 spiro atoms. The Bertz CT molecular complexity index is 739. The minimum Gasteiger partial charge on any atom is -0.372 e. The first-order valence-corrected chi connectivity index (χ1v) is 9.54. The highest BCUT2D eigenvalue weighted by molar-refractivity contribution is 8.18. The summed E-state index contributed by atoms with van der Waals surface area (Å²) in [7, 11) is 0. The van der Waals surface area contributed by atoms with E-state index in [1.807, 2.05) is 6.92 Å². The van der Waals surface area contributed by atoms with E-state index in [9.17, 15) is 14.4 Å². The number of nitrogens with zero attached hydrogens (tertiary/aromatic N) is 1. The van der Waals surface area contributed by atoms with Crippen LogP contribution in [0.15, 0.2) is 23.1 Å². The second kappa shape index (κ2) is 9.97. The Labute approximate surface area is 165 Å². The molecule has 2 rings (SSSR count). The lowest BCUT2D eigenvalue weighted by Crippen LogP contribution is -2.38. The van der Waals surface area contributed by atoms with E-state index in [4.69, 9.17) is 27.9 Å². The average Bonchev–Trinajstić information content (AvgIpc) is 2.85. The molecule has 6 nitrogen and oxygen atoms in total. The monoisotopic (exact) mass is 416 g/mol. The van der Waals surface area contributed by atoms with Gasteiger partial charge < -0.3 is 10.1 Å². The molecule has 140 valence electrons. The maximum atomic E-state index is 12.4. The van der Waals surface area contributed by atoms with Crippen molar-refractivity contribution in [3.8, 4) is 0 Å². The van der Waals surface area contributed by atoms with Crippen LogP contribution >= 0.6 is 35.0 Å². The number of imide groups is 1. The lowest BCUT2D eigenvalue weighted by atomic mass is 10.2. The number of hydrogen-bond acceptors (Lipinski definition) is 5. The first kappa shape index (κ1) is 20.8. The molecule has 1 aliphatic heterocycles. The van der Waals surface area contributed by atoms with Crippen LogP contribution in [-0.4, -0.2) is 48.3 Å². The Kier molecular flexibility index (Phi) is 7.96. The Hall–Kier alpha value is -1.54. The highest BCUT2D eigenvalue weighted by Crippen LogP contribution is 2.33. The molecule has 1 aromatic rings. The van der Waals surface area contributed by atoms with Crippen LogP contribution < -0.4 is 5.32 Å². The number of carbonyl (C=O) groups is 3. The summed E-state index contributed by atoms with van der Waals surface area (Å²) in [5.74, 6) is -0.698. The van der Waals surface area contributed by atoms with Crippen LogP contribution in [0, 0.1) is 0 Å². The molecule has 0 aromatic heterocycles. The van der Waals surface area contributed by atoms with Crippen LogP contribution in [-0.2, 0) is 14.3 Å². The predicted molar refractivity (Wildman–Crippen MR) is 103 cm³/mol. The number of amides is 3. The molecule has 1 N–H and O–H groups in total. The number of benzene rings is 1. The SMILES string of the molecule is CCCOCC(=O)NCCN1C(=O)S/C(=C\c2ccc(Cl)cc2Cl)C1=O. The van der Waals surface area contributed by atoms with E-state index in [-0.39, 0.29) is 35.7 Å². The molecule has 0 saturated carbocycles. The molecule has 9 heteroatoms. The Balaban J connectivity index is 1.92. The van der Waals surface area contributed by atoms with E-state index in [0.29, 0.717) is 22.2 Å². The van der Waals surface area contributed by atoms with Crippen LogP contribution in [0.2, 0.25) is 10.0 Å². The fraction of sp³-hybridized carbons (Fsp3) is 0.353. The van der Waals surface area contributed by atoms with Crippen LogP contribution in [0.4, 0.5) is 4.79 Å². The number of hydrogen-bond donors (Lipinski definition) is 1. The molecule has 0 bridgehead atoms. The summed E-state index contributed by atoms with van der Waals surface area (Å²) < 4.78 is 5.12. The molecule has 1 aliphatic rings. The Morgan fingerprint density at radius 2 is 2.12 bits per heavy atom. The molecule has 0 radical (unpaired) electrons. The molecule has 1 aromatic carbocycles. The summed E-state index contributed by atoms with van der Waals surface area (Å²) in [5, 5.41) is 3.11. The van der Waals surface area contributed by atoms with E-state index >= 15 is 0 Å². The van der Waals surface area contributed by atoms with Crippen molar-refractivity contribution in [2.45, 2.75) is 13.3 Å². The van der Waals surface area contributed by atoms with Crippen molar-refractivity contribution in [2.24, 2.45) is 0 Å². The molecular formula is C17H18Cl2N2O4S. The third-order valence-electron chi connectivity index (χ3n) is 3.36. The van der Waals surface area contributed by atoms with Gasteiger partial charge in [0.05, 0.1) is 4.91 Å². The second-order valence-electron chi connectivity index (χ2n) is 5.40. The first-order valence-electron chi connectivity index (χ1n) is 7.97. The molecule has 0 aliphatic carbocycles. The van der Waals surface area contributed by atoms with Gasteiger partial charge in [0, 0.05) is 29.7 Å². The van der Waals surface area contributed by atoms with Crippen molar-refractivity contribution < 1.29 is 19.1 Å². The zero-order valence-electron chi connectivity index (χ0n) is 14.1. The van der Waals surface area contributed by atoms with Gasteiger partial charge in [-0.3, -0.25) is 19.3 Å². The number of rotatable bonds is 8. The number of thioether (sulfide) groups is 1. The van der Waals surface area contributed by atoms with Gasteiger partial charge in [-0.25, -0.2) is 0 Å². The molecule has 1 saturated heterocycles. The quantitative estimate of drug-likeness (QED) is 0.517. The lowest BCUT2D eigenvalue weighted by molar-refractivity contribution is -0.126. The smallest absolute Gasteiger partial charge is 0.293 e. The third kappa shape index (κ3) is 5.74. The number of nitrogens with one attached hydrogen (secondary N) is 1. The van der Waals surface area contributed by atoms with E-state index in [1.54, 1.807) is 24.3 Å². The van der Waals surface area contributed by atoms with E-state index in [0.717, 1.165) is 23.1 Å². The molecule has 1 heterocycles. The first-order chi connectivity index (χ1) is 12.4. The zero-order valence-corrected chi connectivity index (χ0v) is 16.4. The number of ether oxygens (including phenoxy) is 1. The molecule has 26 heavy (non-hydrogen) atoms. The highest BCUT2D eigenvalue weighted by Gasteiger charge is 2.34. The van der Waals surface area contributed by atoms with Crippen molar-refractivity contribution >= 4 is 58.1 Å². The van der Waals surface area contributed by atoms with Crippen molar-refractivity contribution in [3.63, 3.8) is 0 Å².